The number of hydrogen-bond donors (Lipinski definition) is 1. The van der Waals surface area contributed by atoms with Crippen LogP contribution in [0, 0.1) is 5.92 Å². The summed E-state index contributed by atoms with van der Waals surface area (Å²) in [7, 11) is 0. The topological polar surface area (TPSA) is 46.5 Å². The van der Waals surface area contributed by atoms with E-state index in [1.807, 2.05) is 0 Å². The number of hydrogen-bond acceptors (Lipinski definition) is 2. The van der Waals surface area contributed by atoms with E-state index >= 15 is 0 Å². The number of carboxylic acids is 1. The van der Waals surface area contributed by atoms with Crippen molar-refractivity contribution in [3.05, 3.63) is 0 Å². The van der Waals surface area contributed by atoms with Gasteiger partial charge in [-0.15, -0.1) is 0 Å². The van der Waals surface area contributed by atoms with Crippen LogP contribution in [0.3, 0.4) is 0 Å². The molecule has 0 fully saturated rings. The minimum absolute atomic E-state index is 0. The van der Waals surface area contributed by atoms with Gasteiger partial charge in [0, 0.05) is 6.61 Å². The largest absolute Gasteiger partial charge is 1.00 e. The van der Waals surface area contributed by atoms with E-state index in [1.165, 1.54) is 19.3 Å². The second-order valence-electron chi connectivity index (χ2n) is 3.64. The number of rotatable bonds is 9. The van der Waals surface area contributed by atoms with Gasteiger partial charge in [-0.1, -0.05) is 33.1 Å². The maximum Gasteiger partial charge on any atom is 1.00 e. The summed E-state index contributed by atoms with van der Waals surface area (Å²) in [4.78, 5) is 10.2. The zero-order chi connectivity index (χ0) is 10.8. The number of carbonyl (C=O) groups is 1. The predicted octanol–water partition coefficient (Wildman–Crippen LogP) is -0.302. The first-order chi connectivity index (χ1) is 6.70. The molecule has 0 aliphatic rings. The molecule has 84 valence electrons. The normalized spacial score (nSPS) is 11.9. The number of aliphatic carboxylic acids is 1. The molecule has 0 rings (SSSR count). The molecule has 4 heteroatoms. The zero-order valence-corrected chi connectivity index (χ0v) is 12.3. The first kappa shape index (κ1) is 17.8. The van der Waals surface area contributed by atoms with E-state index < -0.39 is 5.97 Å². The Balaban J connectivity index is 0. The predicted molar refractivity (Wildman–Crippen MR) is 56.4 cm³/mol. The van der Waals surface area contributed by atoms with E-state index in [1.54, 1.807) is 0 Å². The maximum atomic E-state index is 10.2. The molecule has 0 saturated carbocycles. The summed E-state index contributed by atoms with van der Waals surface area (Å²) < 4.78 is 5.31. The fourth-order valence-electron chi connectivity index (χ4n) is 1.31. The van der Waals surface area contributed by atoms with Gasteiger partial charge in [-0.2, -0.15) is 0 Å². The van der Waals surface area contributed by atoms with Crippen LogP contribution < -0.4 is 29.6 Å². The van der Waals surface area contributed by atoms with Gasteiger partial charge >= 0.3 is 35.5 Å². The van der Waals surface area contributed by atoms with Crippen LogP contribution in [0.15, 0.2) is 0 Å². The molecule has 1 atom stereocenters. The molecule has 0 aliphatic heterocycles. The van der Waals surface area contributed by atoms with Crippen molar-refractivity contribution in [3.63, 3.8) is 0 Å². The average molecular weight is 225 g/mol. The molecule has 0 aromatic heterocycles. The molecule has 0 amide bonds. The smallest absolute Gasteiger partial charge is 0.481 e. The molecule has 0 radical (unpaired) electrons. The summed E-state index contributed by atoms with van der Waals surface area (Å²) in [5.74, 6) is -0.185. The van der Waals surface area contributed by atoms with Gasteiger partial charge in [-0.25, -0.2) is 0 Å². The average Bonchev–Trinajstić information content (AvgIpc) is 2.16. The van der Waals surface area contributed by atoms with E-state index in [2.05, 4.69) is 13.8 Å². The van der Waals surface area contributed by atoms with E-state index in [0.717, 1.165) is 6.42 Å². The molecule has 0 bridgehead atoms. The van der Waals surface area contributed by atoms with Crippen LogP contribution in [-0.4, -0.2) is 24.3 Å². The van der Waals surface area contributed by atoms with Gasteiger partial charge in [0.25, 0.3) is 0 Å². The quantitative estimate of drug-likeness (QED) is 0.433. The summed E-state index contributed by atoms with van der Waals surface area (Å²) >= 11 is 0. The zero-order valence-electron chi connectivity index (χ0n) is 10.3. The van der Waals surface area contributed by atoms with E-state index in [4.69, 9.17) is 9.84 Å². The van der Waals surface area contributed by atoms with Crippen molar-refractivity contribution in [2.45, 2.75) is 46.0 Å². The molecule has 0 aliphatic carbocycles. The van der Waals surface area contributed by atoms with Crippen molar-refractivity contribution in [2.75, 3.05) is 13.2 Å². The second kappa shape index (κ2) is 12.5. The van der Waals surface area contributed by atoms with Crippen molar-refractivity contribution in [1.29, 1.82) is 0 Å². The third-order valence-electron chi connectivity index (χ3n) is 2.36. The Labute approximate surface area is 115 Å². The molecular weight excluding hydrogens is 203 g/mol. The van der Waals surface area contributed by atoms with Gasteiger partial charge in [0.05, 0.1) is 13.0 Å². The Kier molecular flexibility index (Phi) is 14.8. The monoisotopic (exact) mass is 225 g/mol. The van der Waals surface area contributed by atoms with Crippen molar-refractivity contribution in [3.8, 4) is 0 Å². The SMILES string of the molecule is CCCCC(CC)COCCC(=O)O.[Na+]. The van der Waals surface area contributed by atoms with Crippen LogP contribution in [0.25, 0.3) is 0 Å². The third-order valence-corrected chi connectivity index (χ3v) is 2.36. The van der Waals surface area contributed by atoms with Crippen LogP contribution in [-0.2, 0) is 9.53 Å². The fraction of sp³-hybridized carbons (Fsp3) is 0.909. The van der Waals surface area contributed by atoms with Gasteiger partial charge in [0.1, 0.15) is 0 Å². The van der Waals surface area contributed by atoms with Crippen LogP contribution in [0.4, 0.5) is 0 Å². The van der Waals surface area contributed by atoms with E-state index in [-0.39, 0.29) is 36.0 Å². The Hall–Kier alpha value is 0.430. The molecule has 0 spiro atoms. The van der Waals surface area contributed by atoms with E-state index in [0.29, 0.717) is 19.1 Å². The molecule has 1 N–H and O–H groups in total. The van der Waals surface area contributed by atoms with Crippen molar-refractivity contribution < 1.29 is 44.2 Å². The molecule has 0 heterocycles. The van der Waals surface area contributed by atoms with Crippen LogP contribution >= 0.6 is 0 Å². The Morgan fingerprint density at radius 1 is 1.40 bits per heavy atom. The standard InChI is InChI=1S/C11H22O3.Na/c1-3-5-6-10(4-2)9-14-8-7-11(12)13;/h10H,3-9H2,1-2H3,(H,12,13);/q;+1. The molecule has 15 heavy (non-hydrogen) atoms. The third kappa shape index (κ3) is 12.4. The summed E-state index contributed by atoms with van der Waals surface area (Å²) in [6, 6.07) is 0. The summed E-state index contributed by atoms with van der Waals surface area (Å²) in [6.07, 6.45) is 4.88. The number of carboxylic acid groups (broad SMARTS) is 1. The van der Waals surface area contributed by atoms with Crippen molar-refractivity contribution in [2.24, 2.45) is 5.92 Å². The summed E-state index contributed by atoms with van der Waals surface area (Å²) in [5, 5.41) is 8.40. The van der Waals surface area contributed by atoms with Gasteiger partial charge in [0.2, 0.25) is 0 Å². The van der Waals surface area contributed by atoms with Gasteiger partial charge in [-0.3, -0.25) is 4.79 Å². The fourth-order valence-corrected chi connectivity index (χ4v) is 1.31. The first-order valence-corrected chi connectivity index (χ1v) is 5.50. The molecule has 3 nitrogen and oxygen atoms in total. The second-order valence-corrected chi connectivity index (χ2v) is 3.64. The Bertz CT molecular complexity index is 151. The molecular formula is C11H22NaO3+. The Morgan fingerprint density at radius 2 is 2.07 bits per heavy atom. The van der Waals surface area contributed by atoms with Gasteiger partial charge in [0.15, 0.2) is 0 Å². The minimum atomic E-state index is -0.786. The summed E-state index contributed by atoms with van der Waals surface area (Å²) in [5.41, 5.74) is 0. The van der Waals surface area contributed by atoms with Crippen molar-refractivity contribution in [1.82, 2.24) is 0 Å². The van der Waals surface area contributed by atoms with Crippen LogP contribution in [0.5, 0.6) is 0 Å². The van der Waals surface area contributed by atoms with Crippen molar-refractivity contribution >= 4 is 5.97 Å². The molecule has 0 aromatic rings. The first-order valence-electron chi connectivity index (χ1n) is 5.50. The number of ether oxygens (including phenoxy) is 1. The minimum Gasteiger partial charge on any atom is -0.481 e. The Morgan fingerprint density at radius 3 is 2.53 bits per heavy atom. The van der Waals surface area contributed by atoms with E-state index in [9.17, 15) is 4.79 Å². The summed E-state index contributed by atoms with van der Waals surface area (Å²) in [6.45, 7) is 5.39. The van der Waals surface area contributed by atoms with Gasteiger partial charge in [-0.05, 0) is 12.3 Å². The molecule has 0 saturated heterocycles. The maximum absolute atomic E-state index is 10.2. The van der Waals surface area contributed by atoms with Gasteiger partial charge < -0.3 is 9.84 Å². The molecule has 1 unspecified atom stereocenters. The number of unbranched alkanes of at least 4 members (excludes halogenated alkanes) is 1. The van der Waals surface area contributed by atoms with Crippen LogP contribution in [0.2, 0.25) is 0 Å². The molecule has 0 aromatic carbocycles. The van der Waals surface area contributed by atoms with Crippen LogP contribution in [0.1, 0.15) is 46.0 Å².